The molecule has 232 valence electrons. The molecule has 0 aromatic rings. The number of allylic oxidation sites excluding steroid dienone is 2. The van der Waals surface area contributed by atoms with Crippen molar-refractivity contribution in [2.45, 2.75) is 109 Å². The molecule has 2 saturated heterocycles. The third-order valence-electron chi connectivity index (χ3n) is 12.6. The fraction of sp³-hybridized carbons (Fsp3) is 0.886. The number of likely N-dealkylation sites (tertiary alicyclic amines) is 1. The quantitative estimate of drug-likeness (QED) is 0.280. The number of hydrogen-bond acceptors (Lipinski definition) is 6. The van der Waals surface area contributed by atoms with Crippen LogP contribution in [0.25, 0.3) is 0 Å². The monoisotopic (exact) mass is 571 g/mol. The van der Waals surface area contributed by atoms with Gasteiger partial charge in [-0.25, -0.2) is 0 Å². The van der Waals surface area contributed by atoms with Crippen LogP contribution < -0.4 is 0 Å². The average molecular weight is 572 g/mol. The third kappa shape index (κ3) is 5.64. The Morgan fingerprint density at radius 2 is 1.83 bits per heavy atom. The Morgan fingerprint density at radius 1 is 1.05 bits per heavy atom. The van der Waals surface area contributed by atoms with E-state index in [0.29, 0.717) is 55.8 Å². The maximum Gasteiger partial charge on any atom is 0.0765 e. The van der Waals surface area contributed by atoms with Gasteiger partial charge in [0.1, 0.15) is 0 Å². The van der Waals surface area contributed by atoms with Crippen molar-refractivity contribution in [3.05, 3.63) is 22.8 Å². The summed E-state index contributed by atoms with van der Waals surface area (Å²) in [6.45, 7) is 15.3. The average Bonchev–Trinajstić information content (AvgIpc) is 3.40. The number of piperidine rings is 1. The lowest BCUT2D eigenvalue weighted by Gasteiger charge is -2.49. The molecule has 10 atom stereocenters. The van der Waals surface area contributed by atoms with E-state index in [0.717, 1.165) is 56.7 Å². The number of ether oxygens (including phenoxy) is 4. The third-order valence-corrected chi connectivity index (χ3v) is 12.6. The number of nitrogens with zero attached hydrogens (tertiary/aromatic N) is 1. The molecule has 4 aliphatic carbocycles. The van der Waals surface area contributed by atoms with Crippen molar-refractivity contribution in [1.82, 2.24) is 4.90 Å². The molecule has 2 aliphatic heterocycles. The molecular formula is C35H57NO5. The molecule has 1 spiro atoms. The molecule has 0 aromatic carbocycles. The summed E-state index contributed by atoms with van der Waals surface area (Å²) in [4.78, 5) is 2.71. The number of fused-ring (bicyclic) bond motifs is 6. The molecule has 6 aliphatic rings. The largest absolute Gasteiger partial charge is 0.389 e. The fourth-order valence-corrected chi connectivity index (χ4v) is 10.6. The predicted octanol–water partition coefficient (Wildman–Crippen LogP) is 5.78. The van der Waals surface area contributed by atoms with E-state index in [1.807, 2.05) is 0 Å². The zero-order valence-electron chi connectivity index (χ0n) is 26.5. The minimum absolute atomic E-state index is 0.0246. The second-order valence-electron chi connectivity index (χ2n) is 14.9. The first kappa shape index (κ1) is 30.3. The van der Waals surface area contributed by atoms with Gasteiger partial charge in [0.05, 0.1) is 50.8 Å². The van der Waals surface area contributed by atoms with Gasteiger partial charge in [-0.3, -0.25) is 4.90 Å². The van der Waals surface area contributed by atoms with E-state index in [2.05, 4.69) is 38.7 Å². The van der Waals surface area contributed by atoms with Crippen LogP contribution in [-0.2, 0) is 18.9 Å². The summed E-state index contributed by atoms with van der Waals surface area (Å²) in [5.74, 6) is 3.47. The van der Waals surface area contributed by atoms with E-state index in [9.17, 15) is 5.11 Å². The van der Waals surface area contributed by atoms with Gasteiger partial charge >= 0.3 is 0 Å². The lowest BCUT2D eigenvalue weighted by Crippen LogP contribution is -2.52. The van der Waals surface area contributed by atoms with Crippen LogP contribution in [0.4, 0.5) is 0 Å². The van der Waals surface area contributed by atoms with E-state index in [4.69, 9.17) is 18.9 Å². The summed E-state index contributed by atoms with van der Waals surface area (Å²) in [6, 6.07) is 0.492. The second-order valence-corrected chi connectivity index (χ2v) is 14.9. The minimum Gasteiger partial charge on any atom is -0.389 e. The molecule has 0 bridgehead atoms. The number of hydrogen-bond donors (Lipinski definition) is 1. The molecule has 0 radical (unpaired) electrons. The highest BCUT2D eigenvalue weighted by atomic mass is 16.5. The molecule has 2 saturated carbocycles. The lowest BCUT2D eigenvalue weighted by atomic mass is 9.56. The van der Waals surface area contributed by atoms with Crippen LogP contribution in [0.15, 0.2) is 22.8 Å². The van der Waals surface area contributed by atoms with Gasteiger partial charge in [-0.2, -0.15) is 0 Å². The zero-order valence-corrected chi connectivity index (χ0v) is 26.5. The van der Waals surface area contributed by atoms with E-state index in [1.54, 1.807) is 23.8 Å². The van der Waals surface area contributed by atoms with E-state index >= 15 is 0 Å². The highest BCUT2D eigenvalue weighted by Crippen LogP contribution is 2.64. The summed E-state index contributed by atoms with van der Waals surface area (Å²) >= 11 is 0. The maximum absolute atomic E-state index is 10.3. The molecule has 0 aromatic heterocycles. The summed E-state index contributed by atoms with van der Waals surface area (Å²) in [6.07, 6.45) is 13.0. The highest BCUT2D eigenvalue weighted by Gasteiger charge is 2.59. The van der Waals surface area contributed by atoms with Crippen LogP contribution in [-0.4, -0.2) is 87.1 Å². The van der Waals surface area contributed by atoms with Crippen molar-refractivity contribution in [3.63, 3.8) is 0 Å². The Kier molecular flexibility index (Phi) is 9.10. The fourth-order valence-electron chi connectivity index (χ4n) is 10.6. The normalized spacial score (nSPS) is 44.3. The van der Waals surface area contributed by atoms with Gasteiger partial charge in [-0.05, 0) is 93.8 Å². The van der Waals surface area contributed by atoms with Crippen LogP contribution in [0.3, 0.4) is 0 Å². The Balaban J connectivity index is 1.13. The van der Waals surface area contributed by atoms with Crippen LogP contribution in [0.1, 0.15) is 85.5 Å². The lowest BCUT2D eigenvalue weighted by molar-refractivity contribution is -0.0807. The van der Waals surface area contributed by atoms with Crippen molar-refractivity contribution < 1.29 is 24.1 Å². The number of aliphatic hydroxyl groups is 1. The first-order valence-corrected chi connectivity index (χ1v) is 16.9. The number of methoxy groups -OCH3 is 1. The van der Waals surface area contributed by atoms with Gasteiger partial charge in [0.2, 0.25) is 0 Å². The molecule has 2 heterocycles. The molecule has 41 heavy (non-hydrogen) atoms. The topological polar surface area (TPSA) is 60.4 Å². The van der Waals surface area contributed by atoms with Crippen molar-refractivity contribution in [1.29, 1.82) is 0 Å². The van der Waals surface area contributed by atoms with Gasteiger partial charge in [0, 0.05) is 32.2 Å². The summed E-state index contributed by atoms with van der Waals surface area (Å²) in [5.41, 5.74) is 5.28. The standard InChI is InChI=1S/C35H57NO5/c1-23-18-32-33(36(22-23)12-13-39-16-17-40-15-14-38-5)25(3)35(41-32)11-9-28-29-7-6-26-19-27(37)8-10-34(26,4)31(29)20-30(28)24(2)21-35/h19,23,25,27-29,31-33,37H,6-18,20-22H2,1-5H3/t23-,25+,27-,28-,29-,31-,32+,33-,34-,35?/m0/s1. The molecule has 4 fully saturated rings. The van der Waals surface area contributed by atoms with Gasteiger partial charge in [-0.1, -0.05) is 43.6 Å². The van der Waals surface area contributed by atoms with E-state index in [1.165, 1.54) is 38.5 Å². The first-order chi connectivity index (χ1) is 19.8. The summed E-state index contributed by atoms with van der Waals surface area (Å²) in [7, 11) is 1.70. The van der Waals surface area contributed by atoms with E-state index in [-0.39, 0.29) is 11.7 Å². The highest BCUT2D eigenvalue weighted by molar-refractivity contribution is 5.33. The smallest absolute Gasteiger partial charge is 0.0765 e. The number of aliphatic hydroxyl groups excluding tert-OH is 1. The Morgan fingerprint density at radius 3 is 2.63 bits per heavy atom. The first-order valence-electron chi connectivity index (χ1n) is 16.9. The Bertz CT molecular complexity index is 995. The second kappa shape index (κ2) is 12.3. The predicted molar refractivity (Wildman–Crippen MR) is 162 cm³/mol. The summed E-state index contributed by atoms with van der Waals surface area (Å²) < 4.78 is 23.9. The van der Waals surface area contributed by atoms with Crippen LogP contribution >= 0.6 is 0 Å². The SMILES string of the molecule is COCCOCCOCCN1C[C@@H](C)C[C@H]2OC3(CC[C@@H]4C(=C(C)C3)C[C@H]3[C@H]4CCC4=C[C@@H](O)CC[C@@]43C)[C@H](C)[C@@H]21. The Labute approximate surface area is 249 Å². The summed E-state index contributed by atoms with van der Waals surface area (Å²) in [5, 5.41) is 10.3. The van der Waals surface area contributed by atoms with Crippen molar-refractivity contribution in [2.75, 3.05) is 53.2 Å². The van der Waals surface area contributed by atoms with Gasteiger partial charge < -0.3 is 24.1 Å². The molecular weight excluding hydrogens is 514 g/mol. The Hall–Kier alpha value is -0.760. The van der Waals surface area contributed by atoms with Crippen LogP contribution in [0, 0.1) is 35.0 Å². The molecule has 1 unspecified atom stereocenters. The molecule has 1 N–H and O–H groups in total. The molecule has 6 nitrogen and oxygen atoms in total. The molecule has 6 heteroatoms. The molecule has 6 rings (SSSR count). The van der Waals surface area contributed by atoms with Crippen LogP contribution in [0.2, 0.25) is 0 Å². The molecule has 0 amide bonds. The van der Waals surface area contributed by atoms with Crippen molar-refractivity contribution in [3.8, 4) is 0 Å². The minimum atomic E-state index is -0.221. The van der Waals surface area contributed by atoms with Crippen molar-refractivity contribution in [2.24, 2.45) is 35.0 Å². The van der Waals surface area contributed by atoms with Gasteiger partial charge in [0.15, 0.2) is 0 Å². The van der Waals surface area contributed by atoms with Gasteiger partial charge in [0.25, 0.3) is 0 Å². The van der Waals surface area contributed by atoms with Crippen LogP contribution in [0.5, 0.6) is 0 Å². The zero-order chi connectivity index (χ0) is 28.8. The van der Waals surface area contributed by atoms with Crippen molar-refractivity contribution >= 4 is 0 Å². The number of rotatable bonds is 9. The van der Waals surface area contributed by atoms with Gasteiger partial charge in [-0.15, -0.1) is 0 Å². The maximum atomic E-state index is 10.3. The van der Waals surface area contributed by atoms with E-state index < -0.39 is 0 Å².